The van der Waals surface area contributed by atoms with Gasteiger partial charge in [-0.05, 0) is 73.5 Å². The summed E-state index contributed by atoms with van der Waals surface area (Å²) in [6.45, 7) is 3.82. The largest absolute Gasteiger partial charge is 0.496 e. The van der Waals surface area contributed by atoms with E-state index in [2.05, 4.69) is 0 Å². The van der Waals surface area contributed by atoms with Gasteiger partial charge in [-0.1, -0.05) is 17.7 Å². The molecule has 1 aromatic heterocycles. The molecule has 0 fully saturated rings. The van der Waals surface area contributed by atoms with Crippen LogP contribution in [0.25, 0.3) is 22.3 Å². The van der Waals surface area contributed by atoms with E-state index in [9.17, 15) is 9.59 Å². The van der Waals surface area contributed by atoms with E-state index in [1.54, 1.807) is 54.6 Å². The quantitative estimate of drug-likeness (QED) is 0.339. The fourth-order valence-corrected chi connectivity index (χ4v) is 3.64. The van der Waals surface area contributed by atoms with Gasteiger partial charge in [0.1, 0.15) is 22.6 Å². The summed E-state index contributed by atoms with van der Waals surface area (Å²) in [5, 5.41) is 0.830. The first kappa shape index (κ1) is 22.4. The number of carbonyl (C=O) groups is 1. The van der Waals surface area contributed by atoms with E-state index in [-0.39, 0.29) is 28.6 Å². The summed E-state index contributed by atoms with van der Waals surface area (Å²) in [6, 6.07) is 15.1. The van der Waals surface area contributed by atoms with Crippen molar-refractivity contribution in [3.63, 3.8) is 0 Å². The second-order valence-corrected chi connectivity index (χ2v) is 7.89. The lowest BCUT2D eigenvalue weighted by Gasteiger charge is -2.14. The summed E-state index contributed by atoms with van der Waals surface area (Å²) in [4.78, 5) is 26.7. The average molecular weight is 465 g/mol. The van der Waals surface area contributed by atoms with Gasteiger partial charge in [0.2, 0.25) is 11.2 Å². The summed E-state index contributed by atoms with van der Waals surface area (Å²) in [5.41, 5.74) is 2.40. The van der Waals surface area contributed by atoms with E-state index in [0.717, 1.165) is 11.1 Å². The molecule has 0 aliphatic carbocycles. The molecule has 0 saturated carbocycles. The first-order chi connectivity index (χ1) is 15.8. The number of ether oxygens (including phenoxy) is 3. The van der Waals surface area contributed by atoms with Crippen molar-refractivity contribution in [3.05, 3.63) is 86.5 Å². The Balaban J connectivity index is 1.94. The summed E-state index contributed by atoms with van der Waals surface area (Å²) < 4.78 is 22.4. The van der Waals surface area contributed by atoms with Gasteiger partial charge in [-0.25, -0.2) is 4.79 Å². The number of methoxy groups -OCH3 is 2. The Hall–Kier alpha value is -3.77. The number of benzene rings is 3. The fourth-order valence-electron chi connectivity index (χ4n) is 3.51. The number of fused-ring (bicyclic) bond motifs is 1. The van der Waals surface area contributed by atoms with Gasteiger partial charge >= 0.3 is 5.97 Å². The Morgan fingerprint density at radius 1 is 0.909 bits per heavy atom. The van der Waals surface area contributed by atoms with Gasteiger partial charge in [0.25, 0.3) is 0 Å². The summed E-state index contributed by atoms with van der Waals surface area (Å²) in [7, 11) is 2.86. The molecule has 4 aromatic rings. The number of rotatable bonds is 5. The predicted octanol–water partition coefficient (Wildman–Crippen LogP) is 5.97. The van der Waals surface area contributed by atoms with Crippen LogP contribution >= 0.6 is 11.6 Å². The number of aryl methyl sites for hydroxylation is 2. The SMILES string of the molecule is COc1cccc(OC)c1C(=O)Oc1c(-c2ccc(Cl)cc2)oc2cc(C)c(C)cc2c1=O. The van der Waals surface area contributed by atoms with Crippen LogP contribution < -0.4 is 19.6 Å². The van der Waals surface area contributed by atoms with E-state index >= 15 is 0 Å². The molecule has 0 amide bonds. The lowest BCUT2D eigenvalue weighted by Crippen LogP contribution is -2.18. The van der Waals surface area contributed by atoms with Crippen molar-refractivity contribution in [1.29, 1.82) is 0 Å². The third kappa shape index (κ3) is 4.17. The van der Waals surface area contributed by atoms with Crippen molar-refractivity contribution in [2.75, 3.05) is 14.2 Å². The van der Waals surface area contributed by atoms with Crippen LogP contribution in [0.1, 0.15) is 21.5 Å². The second kappa shape index (κ2) is 9.00. The first-order valence-electron chi connectivity index (χ1n) is 10.1. The lowest BCUT2D eigenvalue weighted by atomic mass is 10.0. The predicted molar refractivity (Wildman–Crippen MR) is 127 cm³/mol. The molecule has 1 heterocycles. The first-order valence-corrected chi connectivity index (χ1v) is 10.5. The number of hydrogen-bond acceptors (Lipinski definition) is 6. The van der Waals surface area contributed by atoms with E-state index < -0.39 is 11.4 Å². The van der Waals surface area contributed by atoms with Crippen LogP contribution in [0, 0.1) is 13.8 Å². The standard InChI is InChI=1S/C26H21ClO6/c1-14-12-18-21(13-15(14)2)32-24(16-8-10-17(27)11-9-16)25(23(18)28)33-26(29)22-19(30-3)6-5-7-20(22)31-4/h5-13H,1-4H3. The van der Waals surface area contributed by atoms with Crippen LogP contribution in [0.15, 0.2) is 63.8 Å². The highest BCUT2D eigenvalue weighted by Gasteiger charge is 2.26. The number of carbonyl (C=O) groups excluding carboxylic acids is 1. The van der Waals surface area contributed by atoms with Gasteiger partial charge in [-0.2, -0.15) is 0 Å². The Kier molecular flexibility index (Phi) is 6.11. The Labute approximate surface area is 195 Å². The molecule has 7 heteroatoms. The number of hydrogen-bond donors (Lipinski definition) is 0. The maximum absolute atomic E-state index is 13.5. The minimum absolute atomic E-state index is 0.0594. The molecular formula is C26H21ClO6. The van der Waals surface area contributed by atoms with E-state index in [1.165, 1.54) is 14.2 Å². The maximum atomic E-state index is 13.5. The van der Waals surface area contributed by atoms with Crippen molar-refractivity contribution in [1.82, 2.24) is 0 Å². The van der Waals surface area contributed by atoms with Gasteiger partial charge < -0.3 is 18.6 Å². The topological polar surface area (TPSA) is 75.0 Å². The smallest absolute Gasteiger partial charge is 0.351 e. The molecule has 168 valence electrons. The van der Waals surface area contributed by atoms with E-state index in [4.69, 9.17) is 30.2 Å². The van der Waals surface area contributed by atoms with Crippen molar-refractivity contribution in [3.8, 4) is 28.6 Å². The molecule has 0 N–H and O–H groups in total. The summed E-state index contributed by atoms with van der Waals surface area (Å²) >= 11 is 6.03. The van der Waals surface area contributed by atoms with Gasteiger partial charge in [0.15, 0.2) is 5.76 Å². The highest BCUT2D eigenvalue weighted by atomic mass is 35.5. The molecule has 0 spiro atoms. The van der Waals surface area contributed by atoms with Crippen molar-refractivity contribution in [2.24, 2.45) is 0 Å². The molecule has 0 atom stereocenters. The zero-order valence-corrected chi connectivity index (χ0v) is 19.3. The monoisotopic (exact) mass is 464 g/mol. The molecule has 33 heavy (non-hydrogen) atoms. The Morgan fingerprint density at radius 3 is 2.12 bits per heavy atom. The molecule has 3 aromatic carbocycles. The Morgan fingerprint density at radius 2 is 1.52 bits per heavy atom. The molecular weight excluding hydrogens is 444 g/mol. The van der Waals surface area contributed by atoms with Crippen molar-refractivity contribution in [2.45, 2.75) is 13.8 Å². The van der Waals surface area contributed by atoms with Crippen LogP contribution in [0.3, 0.4) is 0 Å². The summed E-state index contributed by atoms with van der Waals surface area (Å²) in [5.74, 6) is -0.413. The van der Waals surface area contributed by atoms with Crippen LogP contribution in [0.4, 0.5) is 0 Å². The van der Waals surface area contributed by atoms with Gasteiger partial charge in [-0.15, -0.1) is 0 Å². The normalized spacial score (nSPS) is 10.8. The molecule has 4 rings (SSSR count). The van der Waals surface area contributed by atoms with Gasteiger partial charge in [-0.3, -0.25) is 4.79 Å². The molecule has 6 nitrogen and oxygen atoms in total. The molecule has 0 aliphatic heterocycles. The minimum Gasteiger partial charge on any atom is -0.496 e. The molecule has 0 saturated heterocycles. The molecule has 0 bridgehead atoms. The van der Waals surface area contributed by atoms with Crippen LogP contribution in [0.2, 0.25) is 5.02 Å². The lowest BCUT2D eigenvalue weighted by molar-refractivity contribution is 0.0724. The van der Waals surface area contributed by atoms with Crippen LogP contribution in [0.5, 0.6) is 17.2 Å². The third-order valence-electron chi connectivity index (χ3n) is 5.40. The van der Waals surface area contributed by atoms with E-state index in [1.807, 2.05) is 13.8 Å². The number of halogens is 1. The number of esters is 1. The third-order valence-corrected chi connectivity index (χ3v) is 5.65. The molecule has 0 unspecified atom stereocenters. The van der Waals surface area contributed by atoms with Crippen LogP contribution in [-0.4, -0.2) is 20.2 Å². The van der Waals surface area contributed by atoms with E-state index in [0.29, 0.717) is 21.6 Å². The minimum atomic E-state index is -0.810. The maximum Gasteiger partial charge on any atom is 0.351 e. The van der Waals surface area contributed by atoms with Crippen LogP contribution in [-0.2, 0) is 0 Å². The molecule has 0 radical (unpaired) electrons. The zero-order chi connectivity index (χ0) is 23.7. The molecule has 0 aliphatic rings. The highest BCUT2D eigenvalue weighted by Crippen LogP contribution is 2.35. The van der Waals surface area contributed by atoms with Gasteiger partial charge in [0, 0.05) is 10.6 Å². The Bertz CT molecular complexity index is 1400. The average Bonchev–Trinajstić information content (AvgIpc) is 2.82. The highest BCUT2D eigenvalue weighted by molar-refractivity contribution is 6.30. The fraction of sp³-hybridized carbons (Fsp3) is 0.154. The van der Waals surface area contributed by atoms with Gasteiger partial charge in [0.05, 0.1) is 19.6 Å². The van der Waals surface area contributed by atoms with Crippen molar-refractivity contribution >= 4 is 28.5 Å². The zero-order valence-electron chi connectivity index (χ0n) is 18.5. The second-order valence-electron chi connectivity index (χ2n) is 7.46. The van der Waals surface area contributed by atoms with Crippen molar-refractivity contribution < 1.29 is 23.4 Å². The summed E-state index contributed by atoms with van der Waals surface area (Å²) in [6.07, 6.45) is 0.